The summed E-state index contributed by atoms with van der Waals surface area (Å²) in [5.41, 5.74) is 1.29. The highest BCUT2D eigenvalue weighted by Gasteiger charge is 2.47. The fraction of sp³-hybridized carbons (Fsp3) is 0.520. The Bertz CT molecular complexity index is 1140. The predicted molar refractivity (Wildman–Crippen MR) is 117 cm³/mol. The number of benzene rings is 1. The fourth-order valence-corrected chi connectivity index (χ4v) is 6.73. The summed E-state index contributed by atoms with van der Waals surface area (Å²) in [5, 5.41) is 0.233. The zero-order valence-electron chi connectivity index (χ0n) is 17.6. The number of pyridine rings is 1. The summed E-state index contributed by atoms with van der Waals surface area (Å²) in [6.45, 7) is 2.88. The highest BCUT2D eigenvalue weighted by molar-refractivity contribution is 5.97. The number of carbonyl (C=O) groups is 1. The lowest BCUT2D eigenvalue weighted by Crippen LogP contribution is -2.60. The number of rotatable bonds is 1. The number of aromatic amines is 1. The minimum absolute atomic E-state index is 0.0861. The molecule has 1 aliphatic carbocycles. The number of nitrogens with one attached hydrogen (secondary N) is 1. The molecule has 2 bridgehead atoms. The van der Waals surface area contributed by atoms with Crippen LogP contribution >= 0.6 is 0 Å². The number of H-pyrrole nitrogens is 1. The Morgan fingerprint density at radius 3 is 2.97 bits per heavy atom. The molecule has 0 radical (unpaired) electrons. The molecule has 3 saturated heterocycles. The first-order chi connectivity index (χ1) is 15.1. The summed E-state index contributed by atoms with van der Waals surface area (Å²) >= 11 is 0. The molecule has 1 aromatic carbocycles. The van der Waals surface area contributed by atoms with Crippen LogP contribution in [0.3, 0.4) is 0 Å². The molecule has 6 heteroatoms. The van der Waals surface area contributed by atoms with Crippen LogP contribution in [0.5, 0.6) is 0 Å². The minimum atomic E-state index is -0.478. The molecule has 4 atom stereocenters. The zero-order chi connectivity index (χ0) is 21.1. The summed E-state index contributed by atoms with van der Waals surface area (Å²) in [6, 6.07) is 5.17. The number of carbonyl (C=O) groups excluding carboxylic acids is 1. The van der Waals surface area contributed by atoms with Crippen molar-refractivity contribution in [3.63, 3.8) is 0 Å². The van der Waals surface area contributed by atoms with Gasteiger partial charge in [-0.05, 0) is 62.6 Å². The summed E-state index contributed by atoms with van der Waals surface area (Å²) in [5.74, 6) is 0.337. The lowest BCUT2D eigenvalue weighted by Gasteiger charge is -2.54. The summed E-state index contributed by atoms with van der Waals surface area (Å²) in [4.78, 5) is 34.1. The highest BCUT2D eigenvalue weighted by atomic mass is 19.1. The molecule has 1 amide bonds. The van der Waals surface area contributed by atoms with Gasteiger partial charge in [0.15, 0.2) is 0 Å². The standard InChI is InChI=1S/C25H28FN3O2/c26-20-7-3-6-18-22(20)27-13-19(24(18)30)25(31)29-10-4-5-15-11-16-12-17(23(15)29)14-28-9-2-1-8-21(16)28/h3,6-7,11,13,16-17,21,23H,1-2,4-5,8-10,12,14H2,(H,27,30)/t16-,17-,21?,23?/m0/s1. The first-order valence-electron chi connectivity index (χ1n) is 11.7. The van der Waals surface area contributed by atoms with Gasteiger partial charge < -0.3 is 9.88 Å². The van der Waals surface area contributed by atoms with Gasteiger partial charge in [-0.3, -0.25) is 14.5 Å². The molecule has 1 aromatic heterocycles. The van der Waals surface area contributed by atoms with Crippen molar-refractivity contribution >= 4 is 16.8 Å². The third kappa shape index (κ3) is 2.99. The molecule has 1 N–H and O–H groups in total. The van der Waals surface area contributed by atoms with Crippen LogP contribution < -0.4 is 5.43 Å². The van der Waals surface area contributed by atoms with E-state index in [2.05, 4.69) is 16.0 Å². The molecule has 3 fully saturated rings. The maximum absolute atomic E-state index is 14.1. The van der Waals surface area contributed by atoms with Crippen LogP contribution in [0.4, 0.5) is 4.39 Å². The number of likely N-dealkylation sites (tertiary alicyclic amines) is 1. The normalized spacial score (nSPS) is 30.5. The Kier molecular flexibility index (Phi) is 4.53. The quantitative estimate of drug-likeness (QED) is 0.715. The molecule has 0 spiro atoms. The maximum atomic E-state index is 14.1. The van der Waals surface area contributed by atoms with E-state index in [9.17, 15) is 14.0 Å². The lowest BCUT2D eigenvalue weighted by atomic mass is 9.68. The number of amides is 1. The molecular weight excluding hydrogens is 393 g/mol. The van der Waals surface area contributed by atoms with Gasteiger partial charge in [0, 0.05) is 30.7 Å². The highest BCUT2D eigenvalue weighted by Crippen LogP contribution is 2.45. The summed E-state index contributed by atoms with van der Waals surface area (Å²) < 4.78 is 14.1. The molecule has 162 valence electrons. The Labute approximate surface area is 180 Å². The van der Waals surface area contributed by atoms with Crippen molar-refractivity contribution in [2.24, 2.45) is 11.8 Å². The Hall–Kier alpha value is -2.47. The van der Waals surface area contributed by atoms with Gasteiger partial charge >= 0.3 is 0 Å². The number of para-hydroxylation sites is 1. The topological polar surface area (TPSA) is 56.4 Å². The van der Waals surface area contributed by atoms with Crippen LogP contribution in [0, 0.1) is 17.7 Å². The number of nitrogens with zero attached hydrogens (tertiary/aromatic N) is 2. The molecule has 6 rings (SSSR count). The second-order valence-electron chi connectivity index (χ2n) is 9.70. The van der Waals surface area contributed by atoms with E-state index in [0.29, 0.717) is 24.4 Å². The van der Waals surface area contributed by atoms with E-state index < -0.39 is 5.82 Å². The molecule has 31 heavy (non-hydrogen) atoms. The largest absolute Gasteiger partial charge is 0.358 e. The fourth-order valence-electron chi connectivity index (χ4n) is 6.73. The molecule has 4 heterocycles. The minimum Gasteiger partial charge on any atom is -0.358 e. The smallest absolute Gasteiger partial charge is 0.259 e. The van der Waals surface area contributed by atoms with Gasteiger partial charge in [0.05, 0.1) is 11.6 Å². The molecule has 3 aliphatic heterocycles. The average molecular weight is 422 g/mol. The second kappa shape index (κ2) is 7.30. The number of hydrogen-bond donors (Lipinski definition) is 1. The van der Waals surface area contributed by atoms with Crippen molar-refractivity contribution in [1.82, 2.24) is 14.8 Å². The third-order valence-corrected chi connectivity index (χ3v) is 8.01. The summed E-state index contributed by atoms with van der Waals surface area (Å²) in [7, 11) is 0. The van der Waals surface area contributed by atoms with E-state index in [1.807, 2.05) is 4.90 Å². The van der Waals surface area contributed by atoms with Crippen LogP contribution in [0.1, 0.15) is 48.9 Å². The lowest BCUT2D eigenvalue weighted by molar-refractivity contribution is 0.00143. The van der Waals surface area contributed by atoms with E-state index in [0.717, 1.165) is 32.4 Å². The van der Waals surface area contributed by atoms with Gasteiger partial charge in [0.25, 0.3) is 5.91 Å². The number of piperidine rings is 3. The van der Waals surface area contributed by atoms with Crippen LogP contribution in [0.2, 0.25) is 0 Å². The Balaban J connectivity index is 1.37. The second-order valence-corrected chi connectivity index (χ2v) is 9.70. The van der Waals surface area contributed by atoms with Crippen molar-refractivity contribution < 1.29 is 9.18 Å². The maximum Gasteiger partial charge on any atom is 0.259 e. The van der Waals surface area contributed by atoms with Crippen LogP contribution in [-0.2, 0) is 0 Å². The molecule has 2 unspecified atom stereocenters. The van der Waals surface area contributed by atoms with Gasteiger partial charge in [-0.25, -0.2) is 4.39 Å². The Morgan fingerprint density at radius 1 is 1.16 bits per heavy atom. The van der Waals surface area contributed by atoms with E-state index >= 15 is 0 Å². The van der Waals surface area contributed by atoms with Gasteiger partial charge in [-0.15, -0.1) is 0 Å². The van der Waals surface area contributed by atoms with Crippen molar-refractivity contribution in [1.29, 1.82) is 0 Å². The monoisotopic (exact) mass is 421 g/mol. The third-order valence-electron chi connectivity index (χ3n) is 8.01. The van der Waals surface area contributed by atoms with Crippen LogP contribution in [0.25, 0.3) is 10.9 Å². The number of halogens is 1. The average Bonchev–Trinajstić information content (AvgIpc) is 2.79. The van der Waals surface area contributed by atoms with Crippen molar-refractivity contribution in [3.8, 4) is 0 Å². The molecule has 5 nitrogen and oxygen atoms in total. The molecular formula is C25H28FN3O2. The van der Waals surface area contributed by atoms with E-state index in [1.165, 1.54) is 43.2 Å². The first-order valence-corrected chi connectivity index (χ1v) is 11.7. The zero-order valence-corrected chi connectivity index (χ0v) is 17.6. The van der Waals surface area contributed by atoms with E-state index in [1.54, 1.807) is 6.07 Å². The number of fused-ring (bicyclic) bond motifs is 7. The SMILES string of the molecule is O=C(c1c[nH]c2c(F)cccc2c1=O)N1CCCC2=C[C@H]3C[C@@H](CN4CCCCC34)C21. The van der Waals surface area contributed by atoms with Gasteiger partial charge in [0.2, 0.25) is 5.43 Å². The van der Waals surface area contributed by atoms with Gasteiger partial charge in [0.1, 0.15) is 11.4 Å². The molecule has 0 saturated carbocycles. The van der Waals surface area contributed by atoms with Crippen molar-refractivity contribution in [2.45, 2.75) is 50.6 Å². The van der Waals surface area contributed by atoms with E-state index in [-0.39, 0.29) is 33.8 Å². The van der Waals surface area contributed by atoms with Crippen molar-refractivity contribution in [2.75, 3.05) is 19.6 Å². The molecule has 4 aliphatic rings. The van der Waals surface area contributed by atoms with Crippen molar-refractivity contribution in [3.05, 3.63) is 57.6 Å². The van der Waals surface area contributed by atoms with E-state index in [4.69, 9.17) is 0 Å². The van der Waals surface area contributed by atoms with Gasteiger partial charge in [-0.2, -0.15) is 0 Å². The number of hydrogen-bond acceptors (Lipinski definition) is 3. The summed E-state index contributed by atoms with van der Waals surface area (Å²) in [6.07, 6.45) is 10.9. The molecule has 2 aromatic rings. The predicted octanol–water partition coefficient (Wildman–Crippen LogP) is 3.70. The number of aromatic nitrogens is 1. The van der Waals surface area contributed by atoms with Gasteiger partial charge in [-0.1, -0.05) is 24.1 Å². The van der Waals surface area contributed by atoms with Crippen LogP contribution in [-0.4, -0.2) is 52.4 Å². The first kappa shape index (κ1) is 19.2. The van der Waals surface area contributed by atoms with Crippen LogP contribution in [0.15, 0.2) is 40.8 Å². The Morgan fingerprint density at radius 2 is 2.06 bits per heavy atom.